The largest absolute Gasteiger partial charge is 0.325 e. The van der Waals surface area contributed by atoms with Crippen molar-refractivity contribution in [3.8, 4) is 0 Å². The number of hydrogen-bond acceptors (Lipinski definition) is 2. The van der Waals surface area contributed by atoms with E-state index in [0.717, 1.165) is 18.5 Å². The van der Waals surface area contributed by atoms with Gasteiger partial charge in [0.2, 0.25) is 5.91 Å². The summed E-state index contributed by atoms with van der Waals surface area (Å²) in [6.07, 6.45) is 4.40. The first-order valence-electron chi connectivity index (χ1n) is 7.23. The zero-order valence-corrected chi connectivity index (χ0v) is 12.3. The van der Waals surface area contributed by atoms with Crippen LogP contribution < -0.4 is 11.1 Å². The molecule has 0 aliphatic heterocycles. The molecular formula is C16H26N2O. The highest BCUT2D eigenvalue weighted by Crippen LogP contribution is 2.13. The van der Waals surface area contributed by atoms with E-state index in [1.165, 1.54) is 18.4 Å². The molecule has 1 rings (SSSR count). The third-order valence-corrected chi connectivity index (χ3v) is 3.60. The Balaban J connectivity index is 2.55. The zero-order valence-electron chi connectivity index (χ0n) is 12.3. The Bertz CT molecular complexity index is 386. The van der Waals surface area contributed by atoms with E-state index in [1.54, 1.807) is 0 Å². The van der Waals surface area contributed by atoms with E-state index >= 15 is 0 Å². The number of unbranched alkanes of at least 4 members (excludes halogenated alkanes) is 1. The standard InChI is InChI=1S/C16H26N2O/c1-4-6-7-13-8-10-14(11-9-13)18-16(19)15(17)12(3)5-2/h8-12,15H,4-7,17H2,1-3H3,(H,18,19)/t12-,15-/m0/s1. The highest BCUT2D eigenvalue weighted by atomic mass is 16.2. The Morgan fingerprint density at radius 1 is 1.26 bits per heavy atom. The van der Waals surface area contributed by atoms with Crippen molar-refractivity contribution in [2.45, 2.75) is 52.5 Å². The van der Waals surface area contributed by atoms with Crippen LogP contribution in [0.3, 0.4) is 0 Å². The van der Waals surface area contributed by atoms with Crippen LogP contribution in [-0.4, -0.2) is 11.9 Å². The molecule has 106 valence electrons. The average molecular weight is 262 g/mol. The van der Waals surface area contributed by atoms with Crippen LogP contribution in [0.15, 0.2) is 24.3 Å². The van der Waals surface area contributed by atoms with Gasteiger partial charge in [-0.05, 0) is 36.5 Å². The van der Waals surface area contributed by atoms with Crippen molar-refractivity contribution in [2.24, 2.45) is 11.7 Å². The lowest BCUT2D eigenvalue weighted by Gasteiger charge is -2.17. The minimum Gasteiger partial charge on any atom is -0.325 e. The second kappa shape index (κ2) is 7.95. The van der Waals surface area contributed by atoms with Gasteiger partial charge in [0.15, 0.2) is 0 Å². The fourth-order valence-corrected chi connectivity index (χ4v) is 1.87. The van der Waals surface area contributed by atoms with Crippen molar-refractivity contribution < 1.29 is 4.79 Å². The Hall–Kier alpha value is -1.35. The van der Waals surface area contributed by atoms with Gasteiger partial charge >= 0.3 is 0 Å². The number of nitrogens with two attached hydrogens (primary N) is 1. The molecule has 0 bridgehead atoms. The van der Waals surface area contributed by atoms with Crippen molar-refractivity contribution in [3.63, 3.8) is 0 Å². The number of carbonyl (C=O) groups is 1. The van der Waals surface area contributed by atoms with Gasteiger partial charge < -0.3 is 11.1 Å². The number of aryl methyl sites for hydroxylation is 1. The molecule has 1 amide bonds. The summed E-state index contributed by atoms with van der Waals surface area (Å²) in [5.74, 6) is 0.0967. The summed E-state index contributed by atoms with van der Waals surface area (Å²) in [4.78, 5) is 11.9. The van der Waals surface area contributed by atoms with Gasteiger partial charge in [-0.1, -0.05) is 45.7 Å². The lowest BCUT2D eigenvalue weighted by molar-refractivity contribution is -0.118. The van der Waals surface area contributed by atoms with Crippen LogP contribution in [-0.2, 0) is 11.2 Å². The molecule has 0 unspecified atom stereocenters. The van der Waals surface area contributed by atoms with Crippen molar-refractivity contribution in [2.75, 3.05) is 5.32 Å². The van der Waals surface area contributed by atoms with Gasteiger partial charge in [-0.3, -0.25) is 4.79 Å². The molecule has 0 radical (unpaired) electrons. The summed E-state index contributed by atoms with van der Waals surface area (Å²) in [7, 11) is 0. The van der Waals surface area contributed by atoms with Gasteiger partial charge in [0.25, 0.3) is 0 Å². The molecule has 2 atom stereocenters. The molecule has 0 aliphatic carbocycles. The van der Waals surface area contributed by atoms with Crippen LogP contribution in [0, 0.1) is 5.92 Å². The van der Waals surface area contributed by atoms with E-state index in [9.17, 15) is 4.79 Å². The minimum atomic E-state index is -0.440. The van der Waals surface area contributed by atoms with Crippen LogP contribution in [0.5, 0.6) is 0 Å². The van der Waals surface area contributed by atoms with Crippen molar-refractivity contribution in [1.82, 2.24) is 0 Å². The van der Waals surface area contributed by atoms with E-state index in [0.29, 0.717) is 0 Å². The van der Waals surface area contributed by atoms with Crippen LogP contribution >= 0.6 is 0 Å². The molecule has 0 aromatic heterocycles. The molecule has 19 heavy (non-hydrogen) atoms. The summed E-state index contributed by atoms with van der Waals surface area (Å²) in [5.41, 5.74) is 8.04. The van der Waals surface area contributed by atoms with Crippen molar-refractivity contribution in [3.05, 3.63) is 29.8 Å². The Labute approximate surface area is 116 Å². The number of hydrogen-bond donors (Lipinski definition) is 2. The molecular weight excluding hydrogens is 236 g/mol. The van der Waals surface area contributed by atoms with Crippen LogP contribution in [0.4, 0.5) is 5.69 Å². The Kier molecular flexibility index (Phi) is 6.57. The highest BCUT2D eigenvalue weighted by molar-refractivity contribution is 5.94. The topological polar surface area (TPSA) is 55.1 Å². The molecule has 3 heteroatoms. The van der Waals surface area contributed by atoms with Crippen molar-refractivity contribution >= 4 is 11.6 Å². The maximum absolute atomic E-state index is 11.9. The molecule has 0 spiro atoms. The fraction of sp³-hybridized carbons (Fsp3) is 0.562. The molecule has 3 N–H and O–H groups in total. The molecule has 0 fully saturated rings. The van der Waals surface area contributed by atoms with Crippen molar-refractivity contribution in [1.29, 1.82) is 0 Å². The summed E-state index contributed by atoms with van der Waals surface area (Å²) in [6.45, 7) is 6.23. The SMILES string of the molecule is CCCCc1ccc(NC(=O)[C@@H](N)[C@@H](C)CC)cc1. The first-order valence-corrected chi connectivity index (χ1v) is 7.23. The number of carbonyl (C=O) groups excluding carboxylic acids is 1. The Morgan fingerprint density at radius 3 is 2.42 bits per heavy atom. The quantitative estimate of drug-likeness (QED) is 0.792. The lowest BCUT2D eigenvalue weighted by atomic mass is 9.99. The minimum absolute atomic E-state index is 0.101. The van der Waals surface area contributed by atoms with E-state index in [-0.39, 0.29) is 11.8 Å². The lowest BCUT2D eigenvalue weighted by Crippen LogP contribution is -2.40. The molecule has 3 nitrogen and oxygen atoms in total. The number of anilines is 1. The van der Waals surface area contributed by atoms with Crippen LogP contribution in [0.25, 0.3) is 0 Å². The zero-order chi connectivity index (χ0) is 14.3. The highest BCUT2D eigenvalue weighted by Gasteiger charge is 2.19. The first kappa shape index (κ1) is 15.7. The summed E-state index contributed by atoms with van der Waals surface area (Å²) in [6, 6.07) is 7.60. The number of benzene rings is 1. The second-order valence-electron chi connectivity index (χ2n) is 5.20. The Morgan fingerprint density at radius 2 is 1.89 bits per heavy atom. The van der Waals surface area contributed by atoms with Crippen LogP contribution in [0.2, 0.25) is 0 Å². The van der Waals surface area contributed by atoms with Gasteiger partial charge in [-0.15, -0.1) is 0 Å². The van der Waals surface area contributed by atoms with E-state index in [4.69, 9.17) is 5.73 Å². The molecule has 0 aliphatic rings. The van der Waals surface area contributed by atoms with E-state index < -0.39 is 6.04 Å². The average Bonchev–Trinajstić information content (AvgIpc) is 2.44. The second-order valence-corrected chi connectivity index (χ2v) is 5.20. The molecule has 1 aromatic carbocycles. The van der Waals surface area contributed by atoms with Gasteiger partial charge in [0, 0.05) is 5.69 Å². The molecule has 0 saturated heterocycles. The smallest absolute Gasteiger partial charge is 0.241 e. The number of nitrogens with one attached hydrogen (secondary N) is 1. The van der Waals surface area contributed by atoms with Gasteiger partial charge in [0.1, 0.15) is 0 Å². The van der Waals surface area contributed by atoms with Gasteiger partial charge in [-0.2, -0.15) is 0 Å². The van der Waals surface area contributed by atoms with E-state index in [2.05, 4.69) is 24.4 Å². The fourth-order valence-electron chi connectivity index (χ4n) is 1.87. The van der Waals surface area contributed by atoms with Gasteiger partial charge in [-0.25, -0.2) is 0 Å². The third kappa shape index (κ3) is 5.03. The van der Waals surface area contributed by atoms with E-state index in [1.807, 2.05) is 26.0 Å². The maximum Gasteiger partial charge on any atom is 0.241 e. The molecule has 0 heterocycles. The molecule has 0 saturated carbocycles. The summed E-state index contributed by atoms with van der Waals surface area (Å²) < 4.78 is 0. The summed E-state index contributed by atoms with van der Waals surface area (Å²) in [5, 5.41) is 2.88. The first-order chi connectivity index (χ1) is 9.08. The molecule has 1 aromatic rings. The monoisotopic (exact) mass is 262 g/mol. The predicted molar refractivity (Wildman–Crippen MR) is 81.1 cm³/mol. The third-order valence-electron chi connectivity index (χ3n) is 3.60. The normalized spacial score (nSPS) is 13.9. The van der Waals surface area contributed by atoms with Gasteiger partial charge in [0.05, 0.1) is 6.04 Å². The predicted octanol–water partition coefficient (Wildman–Crippen LogP) is 3.34. The number of rotatable bonds is 7. The summed E-state index contributed by atoms with van der Waals surface area (Å²) >= 11 is 0. The van der Waals surface area contributed by atoms with Crippen LogP contribution in [0.1, 0.15) is 45.6 Å². The maximum atomic E-state index is 11.9. The number of amides is 1.